The van der Waals surface area contributed by atoms with Crippen LogP contribution in [-0.2, 0) is 22.7 Å². The molecule has 2 aromatic rings. The number of hydrogen-bond acceptors (Lipinski definition) is 5. The fourth-order valence-electron chi connectivity index (χ4n) is 3.30. The summed E-state index contributed by atoms with van der Waals surface area (Å²) < 4.78 is 63.5. The highest BCUT2D eigenvalue weighted by atomic mass is 32.2. The molecule has 1 fully saturated rings. The van der Waals surface area contributed by atoms with Crippen LogP contribution < -0.4 is 14.9 Å². The number of nitrogens with zero attached hydrogens (tertiary/aromatic N) is 2. The Hall–Kier alpha value is -2.66. The molecule has 0 aliphatic carbocycles. The molecule has 1 unspecified atom stereocenters. The molecule has 0 saturated carbocycles. The molecule has 0 radical (unpaired) electrons. The van der Waals surface area contributed by atoms with Gasteiger partial charge in [0, 0.05) is 24.8 Å². The minimum absolute atomic E-state index is 0.00979. The Labute approximate surface area is 178 Å². The van der Waals surface area contributed by atoms with Gasteiger partial charge >= 0.3 is 6.18 Å². The van der Waals surface area contributed by atoms with E-state index in [2.05, 4.69) is 15.6 Å². The number of carbonyl (C=O) groups is 1. The molecule has 168 valence electrons. The Morgan fingerprint density at radius 3 is 2.45 bits per heavy atom. The molecule has 3 rings (SSSR count). The molecular formula is C20H23F3N4O3S. The summed E-state index contributed by atoms with van der Waals surface area (Å²) in [5, 5.41) is 5.82. The minimum atomic E-state index is -4.52. The van der Waals surface area contributed by atoms with Crippen LogP contribution in [0.15, 0.2) is 42.6 Å². The number of carbonyl (C=O) groups excluding carboxylic acids is 1. The Balaban J connectivity index is 1.63. The summed E-state index contributed by atoms with van der Waals surface area (Å²) in [7, 11) is -3.48. The fraction of sp³-hybridized carbons (Fsp3) is 0.400. The number of anilines is 1. The summed E-state index contributed by atoms with van der Waals surface area (Å²) >= 11 is 0. The number of alkyl halides is 3. The van der Waals surface area contributed by atoms with Crippen LogP contribution in [0.1, 0.15) is 28.0 Å². The van der Waals surface area contributed by atoms with Gasteiger partial charge in [0.05, 0.1) is 11.9 Å². The maximum Gasteiger partial charge on any atom is 0.433 e. The number of pyridine rings is 1. The second kappa shape index (κ2) is 9.23. The van der Waals surface area contributed by atoms with Crippen LogP contribution >= 0.6 is 0 Å². The second-order valence-corrected chi connectivity index (χ2v) is 9.34. The first-order chi connectivity index (χ1) is 14.5. The Morgan fingerprint density at radius 1 is 1.23 bits per heavy atom. The number of aromatic nitrogens is 1. The SMILES string of the molecule is CS(=O)(=O)N(CC1CCNC1)c1ccc(C(=O)NCc2ccc(C(F)(F)F)nc2)cc1. The minimum Gasteiger partial charge on any atom is -0.348 e. The smallest absolute Gasteiger partial charge is 0.348 e. The number of halogens is 3. The van der Waals surface area contributed by atoms with Crippen LogP contribution in [0.5, 0.6) is 0 Å². The van der Waals surface area contributed by atoms with E-state index in [1.807, 2.05) is 0 Å². The standard InChI is InChI=1S/C20H23F3N4O3S/c1-31(29,30)27(13-15-8-9-24-10-15)17-5-3-16(4-6-17)19(28)26-12-14-2-7-18(25-11-14)20(21,22)23/h2-7,11,15,24H,8-10,12-13H2,1H3,(H,26,28). The first-order valence-electron chi connectivity index (χ1n) is 9.63. The van der Waals surface area contributed by atoms with E-state index < -0.39 is 27.8 Å². The van der Waals surface area contributed by atoms with Crippen LogP contribution in [0.25, 0.3) is 0 Å². The molecule has 1 saturated heterocycles. The average Bonchev–Trinajstić information content (AvgIpc) is 3.23. The number of sulfonamides is 1. The maximum atomic E-state index is 12.6. The number of benzene rings is 1. The third kappa shape index (κ3) is 6.17. The van der Waals surface area contributed by atoms with Gasteiger partial charge < -0.3 is 10.6 Å². The predicted octanol–water partition coefficient (Wildman–Crippen LogP) is 2.41. The van der Waals surface area contributed by atoms with E-state index in [0.717, 1.165) is 38.0 Å². The van der Waals surface area contributed by atoms with Crippen molar-refractivity contribution in [1.82, 2.24) is 15.6 Å². The average molecular weight is 456 g/mol. The highest BCUT2D eigenvalue weighted by molar-refractivity contribution is 7.92. The van der Waals surface area contributed by atoms with E-state index in [0.29, 0.717) is 23.4 Å². The summed E-state index contributed by atoms with van der Waals surface area (Å²) in [6.07, 6.45) is -1.41. The molecule has 0 bridgehead atoms. The third-order valence-corrected chi connectivity index (χ3v) is 6.13. The van der Waals surface area contributed by atoms with Gasteiger partial charge in [-0.3, -0.25) is 14.1 Å². The molecule has 31 heavy (non-hydrogen) atoms. The predicted molar refractivity (Wildman–Crippen MR) is 110 cm³/mol. The van der Waals surface area contributed by atoms with Gasteiger partial charge in [-0.2, -0.15) is 13.2 Å². The number of nitrogens with one attached hydrogen (secondary N) is 2. The first kappa shape index (κ1) is 23.0. The summed E-state index contributed by atoms with van der Waals surface area (Å²) in [4.78, 5) is 15.7. The van der Waals surface area contributed by atoms with Gasteiger partial charge in [-0.05, 0) is 61.3 Å². The second-order valence-electron chi connectivity index (χ2n) is 7.43. The van der Waals surface area contributed by atoms with Gasteiger partial charge in [-0.15, -0.1) is 0 Å². The van der Waals surface area contributed by atoms with Crippen LogP contribution in [0.2, 0.25) is 0 Å². The molecule has 1 atom stereocenters. The monoisotopic (exact) mass is 456 g/mol. The molecule has 1 aromatic carbocycles. The van der Waals surface area contributed by atoms with Crippen molar-refractivity contribution in [1.29, 1.82) is 0 Å². The molecule has 1 amide bonds. The lowest BCUT2D eigenvalue weighted by Crippen LogP contribution is -2.35. The highest BCUT2D eigenvalue weighted by Crippen LogP contribution is 2.27. The van der Waals surface area contributed by atoms with E-state index >= 15 is 0 Å². The Bertz CT molecular complexity index is 1000. The van der Waals surface area contributed by atoms with E-state index in [1.165, 1.54) is 22.5 Å². The number of rotatable bonds is 7. The maximum absolute atomic E-state index is 12.6. The molecule has 2 heterocycles. The van der Waals surface area contributed by atoms with Crippen molar-refractivity contribution in [2.24, 2.45) is 5.92 Å². The Morgan fingerprint density at radius 2 is 1.94 bits per heavy atom. The van der Waals surface area contributed by atoms with Gasteiger partial charge in [0.2, 0.25) is 10.0 Å². The van der Waals surface area contributed by atoms with Crippen molar-refractivity contribution >= 4 is 21.6 Å². The third-order valence-electron chi connectivity index (χ3n) is 4.97. The summed E-state index contributed by atoms with van der Waals surface area (Å²) in [6.45, 7) is 1.98. The van der Waals surface area contributed by atoms with E-state index in [4.69, 9.17) is 0 Å². The zero-order valence-corrected chi connectivity index (χ0v) is 17.6. The highest BCUT2D eigenvalue weighted by Gasteiger charge is 2.32. The van der Waals surface area contributed by atoms with Crippen LogP contribution in [0, 0.1) is 5.92 Å². The lowest BCUT2D eigenvalue weighted by atomic mass is 10.1. The normalized spacial score (nSPS) is 16.8. The topological polar surface area (TPSA) is 91.4 Å². The summed E-state index contributed by atoms with van der Waals surface area (Å²) in [5.74, 6) is -0.215. The Kier molecular flexibility index (Phi) is 6.85. The molecule has 1 aliphatic rings. The quantitative estimate of drug-likeness (QED) is 0.668. The molecule has 1 aromatic heterocycles. The van der Waals surface area contributed by atoms with Gasteiger partial charge in [0.25, 0.3) is 5.91 Å². The largest absolute Gasteiger partial charge is 0.433 e. The molecule has 2 N–H and O–H groups in total. The van der Waals surface area contributed by atoms with Crippen molar-refractivity contribution in [2.45, 2.75) is 19.1 Å². The molecule has 0 spiro atoms. The zero-order valence-electron chi connectivity index (χ0n) is 16.8. The van der Waals surface area contributed by atoms with Gasteiger partial charge in [-0.25, -0.2) is 8.42 Å². The molecular weight excluding hydrogens is 433 g/mol. The van der Waals surface area contributed by atoms with Crippen molar-refractivity contribution in [2.75, 3.05) is 30.2 Å². The molecule has 11 heteroatoms. The molecule has 7 nitrogen and oxygen atoms in total. The lowest BCUT2D eigenvalue weighted by Gasteiger charge is -2.25. The summed E-state index contributed by atoms with van der Waals surface area (Å²) in [5.41, 5.74) is 0.200. The van der Waals surface area contributed by atoms with E-state index in [-0.39, 0.29) is 12.5 Å². The lowest BCUT2D eigenvalue weighted by molar-refractivity contribution is -0.141. The number of hydrogen-bond donors (Lipinski definition) is 2. The molecule has 1 aliphatic heterocycles. The summed E-state index contributed by atoms with van der Waals surface area (Å²) in [6, 6.07) is 8.27. The van der Waals surface area contributed by atoms with E-state index in [1.54, 1.807) is 12.1 Å². The first-order valence-corrected chi connectivity index (χ1v) is 11.5. The van der Waals surface area contributed by atoms with Crippen LogP contribution in [0.3, 0.4) is 0 Å². The van der Waals surface area contributed by atoms with Crippen molar-refractivity contribution in [3.8, 4) is 0 Å². The number of amides is 1. The zero-order chi connectivity index (χ0) is 22.6. The van der Waals surface area contributed by atoms with Gasteiger partial charge in [0.1, 0.15) is 5.69 Å². The van der Waals surface area contributed by atoms with Crippen LogP contribution in [0.4, 0.5) is 18.9 Å². The van der Waals surface area contributed by atoms with Crippen molar-refractivity contribution < 1.29 is 26.4 Å². The van der Waals surface area contributed by atoms with Crippen molar-refractivity contribution in [3.05, 3.63) is 59.4 Å². The van der Waals surface area contributed by atoms with Gasteiger partial charge in [0.15, 0.2) is 0 Å². The fourth-order valence-corrected chi connectivity index (χ4v) is 4.28. The van der Waals surface area contributed by atoms with E-state index in [9.17, 15) is 26.4 Å². The van der Waals surface area contributed by atoms with Crippen molar-refractivity contribution in [3.63, 3.8) is 0 Å². The van der Waals surface area contributed by atoms with Crippen LogP contribution in [-0.4, -0.2) is 45.2 Å². The van der Waals surface area contributed by atoms with Gasteiger partial charge in [-0.1, -0.05) is 6.07 Å².